The molecule has 1 amide bonds. The number of benzene rings is 2. The molecule has 0 aliphatic rings. The quantitative estimate of drug-likeness (QED) is 0.601. The Morgan fingerprint density at radius 1 is 1.00 bits per heavy atom. The molecule has 0 saturated carbocycles. The molecule has 134 valence electrons. The maximum Gasteiger partial charge on any atom is 0.226 e. The van der Waals surface area contributed by atoms with E-state index in [1.54, 1.807) is 36.0 Å². The Kier molecular flexibility index (Phi) is 6.35. The summed E-state index contributed by atoms with van der Waals surface area (Å²) in [6.07, 6.45) is 0.203. The lowest BCUT2D eigenvalue weighted by Crippen LogP contribution is -2.24. The predicted molar refractivity (Wildman–Crippen MR) is 100 cm³/mol. The molecule has 1 N–H and O–H groups in total. The first kappa shape index (κ1) is 18.5. The predicted octanol–water partition coefficient (Wildman–Crippen LogP) is 4.57. The highest BCUT2D eigenvalue weighted by Gasteiger charge is 2.08. The molecular formula is C19H16F2N2OS2. The van der Waals surface area contributed by atoms with Gasteiger partial charge in [0.05, 0.1) is 12.1 Å². The van der Waals surface area contributed by atoms with Crippen LogP contribution in [0.5, 0.6) is 0 Å². The summed E-state index contributed by atoms with van der Waals surface area (Å²) < 4.78 is 26.6. The maximum atomic E-state index is 12.9. The summed E-state index contributed by atoms with van der Waals surface area (Å²) >= 11 is 3.04. The van der Waals surface area contributed by atoms with Gasteiger partial charge in [0.15, 0.2) is 0 Å². The van der Waals surface area contributed by atoms with E-state index in [1.165, 1.54) is 35.6 Å². The zero-order valence-corrected chi connectivity index (χ0v) is 15.4. The molecule has 3 nitrogen and oxygen atoms in total. The SMILES string of the molecule is O=C(Cc1csc(SCc2ccc(F)cc2)n1)NCc1ccc(F)cc1. The first-order chi connectivity index (χ1) is 12.6. The number of aromatic nitrogens is 1. The minimum Gasteiger partial charge on any atom is -0.352 e. The van der Waals surface area contributed by atoms with E-state index in [1.807, 2.05) is 5.38 Å². The molecule has 2 aromatic carbocycles. The number of nitrogens with one attached hydrogen (secondary N) is 1. The van der Waals surface area contributed by atoms with E-state index in [-0.39, 0.29) is 24.0 Å². The van der Waals surface area contributed by atoms with E-state index >= 15 is 0 Å². The smallest absolute Gasteiger partial charge is 0.226 e. The second-order valence-electron chi connectivity index (χ2n) is 5.60. The number of carbonyl (C=O) groups is 1. The fraction of sp³-hybridized carbons (Fsp3) is 0.158. The van der Waals surface area contributed by atoms with Gasteiger partial charge in [-0.2, -0.15) is 0 Å². The zero-order valence-electron chi connectivity index (χ0n) is 13.7. The molecule has 0 fully saturated rings. The Bertz CT molecular complexity index is 864. The van der Waals surface area contributed by atoms with Crippen molar-refractivity contribution in [2.45, 2.75) is 23.1 Å². The minimum absolute atomic E-state index is 0.130. The molecule has 7 heteroatoms. The van der Waals surface area contributed by atoms with Crippen molar-refractivity contribution in [2.24, 2.45) is 0 Å². The highest BCUT2D eigenvalue weighted by atomic mass is 32.2. The lowest BCUT2D eigenvalue weighted by molar-refractivity contribution is -0.120. The van der Waals surface area contributed by atoms with Crippen molar-refractivity contribution >= 4 is 29.0 Å². The van der Waals surface area contributed by atoms with Gasteiger partial charge in [0.1, 0.15) is 16.0 Å². The van der Waals surface area contributed by atoms with Gasteiger partial charge >= 0.3 is 0 Å². The van der Waals surface area contributed by atoms with E-state index < -0.39 is 0 Å². The van der Waals surface area contributed by atoms with Crippen LogP contribution in [0.1, 0.15) is 16.8 Å². The highest BCUT2D eigenvalue weighted by molar-refractivity contribution is 8.00. The molecule has 0 atom stereocenters. The van der Waals surface area contributed by atoms with Crippen LogP contribution in [-0.2, 0) is 23.5 Å². The van der Waals surface area contributed by atoms with Gasteiger partial charge in [0.2, 0.25) is 5.91 Å². The monoisotopic (exact) mass is 390 g/mol. The molecule has 0 spiro atoms. The van der Waals surface area contributed by atoms with Crippen LogP contribution in [0.25, 0.3) is 0 Å². The van der Waals surface area contributed by atoms with Crippen molar-refractivity contribution in [3.63, 3.8) is 0 Å². The van der Waals surface area contributed by atoms with Crippen molar-refractivity contribution in [3.8, 4) is 0 Å². The van der Waals surface area contributed by atoms with Gasteiger partial charge in [-0.15, -0.1) is 11.3 Å². The number of hydrogen-bond acceptors (Lipinski definition) is 4. The number of amides is 1. The first-order valence-electron chi connectivity index (χ1n) is 7.91. The van der Waals surface area contributed by atoms with Crippen LogP contribution in [0.2, 0.25) is 0 Å². The van der Waals surface area contributed by atoms with Gasteiger partial charge in [0.25, 0.3) is 0 Å². The summed E-state index contributed by atoms with van der Waals surface area (Å²) in [6.45, 7) is 0.357. The molecule has 26 heavy (non-hydrogen) atoms. The number of rotatable bonds is 7. The summed E-state index contributed by atoms with van der Waals surface area (Å²) in [5, 5.41) is 4.67. The fourth-order valence-corrected chi connectivity index (χ4v) is 3.99. The van der Waals surface area contributed by atoms with Crippen LogP contribution in [0.4, 0.5) is 8.78 Å². The lowest BCUT2D eigenvalue weighted by Gasteiger charge is -2.04. The summed E-state index contributed by atoms with van der Waals surface area (Å²) in [5.41, 5.74) is 2.58. The van der Waals surface area contributed by atoms with Gasteiger partial charge in [-0.3, -0.25) is 4.79 Å². The Morgan fingerprint density at radius 2 is 1.62 bits per heavy atom. The largest absolute Gasteiger partial charge is 0.352 e. The molecule has 0 aliphatic heterocycles. The Hall–Kier alpha value is -2.25. The van der Waals surface area contributed by atoms with E-state index in [9.17, 15) is 13.6 Å². The topological polar surface area (TPSA) is 42.0 Å². The lowest BCUT2D eigenvalue weighted by atomic mass is 10.2. The summed E-state index contributed by atoms with van der Waals surface area (Å²) in [6, 6.07) is 12.4. The first-order valence-corrected chi connectivity index (χ1v) is 9.78. The molecule has 3 aromatic rings. The zero-order chi connectivity index (χ0) is 18.4. The van der Waals surface area contributed by atoms with Crippen LogP contribution in [0.15, 0.2) is 58.3 Å². The molecule has 1 heterocycles. The Labute approximate surface area is 158 Å². The number of hydrogen-bond donors (Lipinski definition) is 1. The van der Waals surface area contributed by atoms with E-state index in [0.717, 1.165) is 15.5 Å². The van der Waals surface area contributed by atoms with Crippen molar-refractivity contribution < 1.29 is 13.6 Å². The average molecular weight is 390 g/mol. The third-order valence-electron chi connectivity index (χ3n) is 3.55. The second kappa shape index (κ2) is 8.91. The van der Waals surface area contributed by atoms with Crippen LogP contribution >= 0.6 is 23.1 Å². The molecule has 0 radical (unpaired) electrons. The second-order valence-corrected chi connectivity index (χ2v) is 7.68. The van der Waals surface area contributed by atoms with Gasteiger partial charge in [-0.25, -0.2) is 13.8 Å². The van der Waals surface area contributed by atoms with E-state index in [0.29, 0.717) is 18.0 Å². The Balaban J connectivity index is 1.45. The molecule has 3 rings (SSSR count). The van der Waals surface area contributed by atoms with Gasteiger partial charge in [0, 0.05) is 17.7 Å². The molecular weight excluding hydrogens is 374 g/mol. The molecule has 1 aromatic heterocycles. The number of thiazole rings is 1. The normalized spacial score (nSPS) is 10.7. The van der Waals surface area contributed by atoms with Crippen LogP contribution in [-0.4, -0.2) is 10.9 Å². The van der Waals surface area contributed by atoms with Crippen LogP contribution in [0.3, 0.4) is 0 Å². The molecule has 0 aliphatic carbocycles. The van der Waals surface area contributed by atoms with Crippen molar-refractivity contribution in [1.29, 1.82) is 0 Å². The number of carbonyl (C=O) groups excluding carboxylic acids is 1. The van der Waals surface area contributed by atoms with Crippen LogP contribution in [0, 0.1) is 11.6 Å². The summed E-state index contributed by atoms with van der Waals surface area (Å²) in [4.78, 5) is 16.5. The highest BCUT2D eigenvalue weighted by Crippen LogP contribution is 2.26. The van der Waals surface area contributed by atoms with Crippen molar-refractivity contribution in [1.82, 2.24) is 10.3 Å². The number of nitrogens with zero attached hydrogens (tertiary/aromatic N) is 1. The number of thioether (sulfide) groups is 1. The van der Waals surface area contributed by atoms with Crippen molar-refractivity contribution in [3.05, 3.63) is 82.4 Å². The average Bonchev–Trinajstić information content (AvgIpc) is 3.08. The van der Waals surface area contributed by atoms with E-state index in [4.69, 9.17) is 0 Å². The van der Waals surface area contributed by atoms with Gasteiger partial charge in [-0.1, -0.05) is 36.0 Å². The molecule has 0 unspecified atom stereocenters. The minimum atomic E-state index is -0.298. The summed E-state index contributed by atoms with van der Waals surface area (Å²) in [7, 11) is 0. The maximum absolute atomic E-state index is 12.9. The molecule has 0 saturated heterocycles. The summed E-state index contributed by atoms with van der Waals surface area (Å²) in [5.74, 6) is 0.0224. The fourth-order valence-electron chi connectivity index (χ4n) is 2.19. The Morgan fingerprint density at radius 3 is 2.27 bits per heavy atom. The third kappa shape index (κ3) is 5.64. The van der Waals surface area contributed by atoms with E-state index in [2.05, 4.69) is 10.3 Å². The number of halogens is 2. The van der Waals surface area contributed by atoms with Gasteiger partial charge < -0.3 is 5.32 Å². The van der Waals surface area contributed by atoms with Crippen LogP contribution < -0.4 is 5.32 Å². The van der Waals surface area contributed by atoms with Crippen molar-refractivity contribution in [2.75, 3.05) is 0 Å². The third-order valence-corrected chi connectivity index (χ3v) is 5.69. The van der Waals surface area contributed by atoms with Gasteiger partial charge in [-0.05, 0) is 35.4 Å². The molecule has 0 bridgehead atoms. The standard InChI is InChI=1S/C19H16F2N2OS2/c20-15-5-1-13(2-6-15)10-22-18(24)9-17-12-26-19(23-17)25-11-14-3-7-16(21)8-4-14/h1-8,12H,9-11H2,(H,22,24).